The Bertz CT molecular complexity index is 565. The first-order chi connectivity index (χ1) is 8.85. The third-order valence-electron chi connectivity index (χ3n) is 2.38. The molecule has 1 aromatic rings. The van der Waals surface area contributed by atoms with Gasteiger partial charge in [0.2, 0.25) is 0 Å². The summed E-state index contributed by atoms with van der Waals surface area (Å²) in [5.41, 5.74) is 0.0176. The summed E-state index contributed by atoms with van der Waals surface area (Å²) in [7, 11) is -3.12. The molecule has 1 heterocycles. The number of hydrogen-bond acceptors (Lipinski definition) is 5. The van der Waals surface area contributed by atoms with Gasteiger partial charge in [0, 0.05) is 18.5 Å². The van der Waals surface area contributed by atoms with Crippen LogP contribution in [-0.4, -0.2) is 48.4 Å². The molecular weight excluding hydrogens is 272 g/mol. The van der Waals surface area contributed by atoms with Gasteiger partial charge in [0.25, 0.3) is 5.91 Å². The van der Waals surface area contributed by atoms with Crippen molar-refractivity contribution in [2.75, 3.05) is 18.1 Å². The van der Waals surface area contributed by atoms with Gasteiger partial charge in [-0.3, -0.25) is 4.79 Å². The lowest BCUT2D eigenvalue weighted by Crippen LogP contribution is -2.29. The first kappa shape index (κ1) is 15.1. The van der Waals surface area contributed by atoms with E-state index in [-0.39, 0.29) is 29.3 Å². The smallest absolute Gasteiger partial charge is 0.354 e. The van der Waals surface area contributed by atoms with E-state index in [9.17, 15) is 18.0 Å². The summed E-state index contributed by atoms with van der Waals surface area (Å²) in [5, 5.41) is 11.1. The van der Waals surface area contributed by atoms with Crippen molar-refractivity contribution in [2.24, 2.45) is 0 Å². The van der Waals surface area contributed by atoms with E-state index in [1.165, 1.54) is 19.1 Å². The number of rotatable bonds is 6. The number of hydrogen-bond donors (Lipinski definition) is 2. The molecular formula is C11H14N2O5S. The Hall–Kier alpha value is -1.96. The zero-order valence-corrected chi connectivity index (χ0v) is 11.1. The monoisotopic (exact) mass is 286 g/mol. The van der Waals surface area contributed by atoms with Crippen LogP contribution in [0.15, 0.2) is 18.3 Å². The Kier molecular flexibility index (Phi) is 4.99. The second-order valence-electron chi connectivity index (χ2n) is 3.73. The molecule has 1 aromatic heterocycles. The quantitative estimate of drug-likeness (QED) is 0.757. The van der Waals surface area contributed by atoms with Crippen LogP contribution in [0.2, 0.25) is 0 Å². The molecule has 0 atom stereocenters. The van der Waals surface area contributed by atoms with Crippen LogP contribution in [0.3, 0.4) is 0 Å². The van der Waals surface area contributed by atoms with Crippen LogP contribution in [0.5, 0.6) is 0 Å². The second-order valence-corrected chi connectivity index (χ2v) is 6.20. The zero-order valence-electron chi connectivity index (χ0n) is 10.3. The summed E-state index contributed by atoms with van der Waals surface area (Å²) < 4.78 is 22.4. The molecule has 1 rings (SSSR count). The van der Waals surface area contributed by atoms with Crippen LogP contribution in [0.4, 0.5) is 0 Å². The number of carboxylic acids is 1. The van der Waals surface area contributed by atoms with Crippen molar-refractivity contribution in [1.82, 2.24) is 10.3 Å². The predicted octanol–water partition coefficient (Wildman–Crippen LogP) is -0.0557. The molecule has 104 valence electrons. The van der Waals surface area contributed by atoms with Gasteiger partial charge < -0.3 is 10.4 Å². The number of nitrogens with one attached hydrogen (secondary N) is 1. The molecule has 0 fully saturated rings. The van der Waals surface area contributed by atoms with Gasteiger partial charge in [-0.15, -0.1) is 0 Å². The maximum absolute atomic E-state index is 11.6. The Morgan fingerprint density at radius 3 is 2.53 bits per heavy atom. The van der Waals surface area contributed by atoms with Crippen molar-refractivity contribution in [2.45, 2.75) is 6.92 Å². The highest BCUT2D eigenvalue weighted by molar-refractivity contribution is 7.91. The molecule has 0 aromatic carbocycles. The highest BCUT2D eigenvalue weighted by Crippen LogP contribution is 2.00. The van der Waals surface area contributed by atoms with Crippen molar-refractivity contribution in [3.63, 3.8) is 0 Å². The fraction of sp³-hybridized carbons (Fsp3) is 0.364. The third-order valence-corrected chi connectivity index (χ3v) is 4.09. The fourth-order valence-corrected chi connectivity index (χ4v) is 1.92. The third kappa shape index (κ3) is 4.66. The minimum Gasteiger partial charge on any atom is -0.477 e. The number of nitrogens with zero attached hydrogens (tertiary/aromatic N) is 1. The van der Waals surface area contributed by atoms with Gasteiger partial charge >= 0.3 is 5.97 Å². The molecule has 2 N–H and O–H groups in total. The lowest BCUT2D eigenvalue weighted by molar-refractivity contribution is 0.0689. The number of amides is 1. The van der Waals surface area contributed by atoms with Crippen LogP contribution < -0.4 is 5.32 Å². The van der Waals surface area contributed by atoms with Crippen LogP contribution in [0.25, 0.3) is 0 Å². The van der Waals surface area contributed by atoms with E-state index in [1.807, 2.05) is 0 Å². The normalized spacial score (nSPS) is 11.0. The molecule has 0 unspecified atom stereocenters. The number of aromatic nitrogens is 1. The van der Waals surface area contributed by atoms with E-state index in [0.717, 1.165) is 6.20 Å². The molecule has 19 heavy (non-hydrogen) atoms. The molecule has 0 aliphatic carbocycles. The van der Waals surface area contributed by atoms with E-state index in [1.54, 1.807) is 0 Å². The number of carboxylic acid groups (broad SMARTS) is 1. The Balaban J connectivity index is 2.57. The lowest BCUT2D eigenvalue weighted by atomic mass is 10.2. The van der Waals surface area contributed by atoms with Crippen LogP contribution >= 0.6 is 0 Å². The first-order valence-corrected chi connectivity index (χ1v) is 7.36. The Labute approximate surface area is 110 Å². The zero-order chi connectivity index (χ0) is 14.5. The lowest BCUT2D eigenvalue weighted by Gasteiger charge is -2.05. The van der Waals surface area contributed by atoms with E-state index < -0.39 is 21.7 Å². The number of carbonyl (C=O) groups is 2. The number of aromatic carboxylic acids is 1. The molecule has 0 aliphatic rings. The van der Waals surface area contributed by atoms with Gasteiger partial charge in [0.1, 0.15) is 5.69 Å². The van der Waals surface area contributed by atoms with E-state index in [0.29, 0.717) is 0 Å². The maximum Gasteiger partial charge on any atom is 0.354 e. The molecule has 0 saturated heterocycles. The van der Waals surface area contributed by atoms with Gasteiger partial charge in [-0.1, -0.05) is 6.92 Å². The van der Waals surface area contributed by atoms with Gasteiger partial charge in [0.05, 0.1) is 11.3 Å². The second kappa shape index (κ2) is 6.28. The van der Waals surface area contributed by atoms with E-state index >= 15 is 0 Å². The maximum atomic E-state index is 11.6. The van der Waals surface area contributed by atoms with E-state index in [4.69, 9.17) is 5.11 Å². The van der Waals surface area contributed by atoms with Crippen molar-refractivity contribution < 1.29 is 23.1 Å². The highest BCUT2D eigenvalue weighted by atomic mass is 32.2. The molecule has 0 spiro atoms. The van der Waals surface area contributed by atoms with Crippen LogP contribution in [0, 0.1) is 0 Å². The van der Waals surface area contributed by atoms with Crippen molar-refractivity contribution in [3.8, 4) is 0 Å². The van der Waals surface area contributed by atoms with Gasteiger partial charge in [-0.05, 0) is 12.1 Å². The van der Waals surface area contributed by atoms with Crippen molar-refractivity contribution in [1.29, 1.82) is 0 Å². The largest absolute Gasteiger partial charge is 0.477 e. The molecule has 7 nitrogen and oxygen atoms in total. The Morgan fingerprint density at radius 1 is 1.37 bits per heavy atom. The molecule has 0 saturated carbocycles. The standard InChI is InChI=1S/C11H14N2O5S/c1-2-19(17,18)6-5-12-10(14)8-3-4-9(11(15)16)13-7-8/h3-4,7H,2,5-6H2,1H3,(H,12,14)(H,15,16). The molecule has 8 heteroatoms. The van der Waals surface area contributed by atoms with Crippen LogP contribution in [-0.2, 0) is 9.84 Å². The molecule has 0 aliphatic heterocycles. The summed E-state index contributed by atoms with van der Waals surface area (Å²) >= 11 is 0. The SMILES string of the molecule is CCS(=O)(=O)CCNC(=O)c1ccc(C(=O)O)nc1. The Morgan fingerprint density at radius 2 is 2.05 bits per heavy atom. The summed E-state index contributed by atoms with van der Waals surface area (Å²) in [6, 6.07) is 2.53. The number of pyridine rings is 1. The fourth-order valence-electron chi connectivity index (χ4n) is 1.22. The minimum atomic E-state index is -3.12. The predicted molar refractivity (Wildman–Crippen MR) is 67.9 cm³/mol. The van der Waals surface area contributed by atoms with Crippen molar-refractivity contribution >= 4 is 21.7 Å². The number of sulfone groups is 1. The molecule has 0 bridgehead atoms. The minimum absolute atomic E-state index is 0.00961. The van der Waals surface area contributed by atoms with Crippen molar-refractivity contribution in [3.05, 3.63) is 29.6 Å². The summed E-state index contributed by atoms with van der Waals surface area (Å²) in [6.45, 7) is 1.54. The van der Waals surface area contributed by atoms with Gasteiger partial charge in [-0.2, -0.15) is 0 Å². The highest BCUT2D eigenvalue weighted by Gasteiger charge is 2.11. The average Bonchev–Trinajstić information content (AvgIpc) is 2.38. The summed E-state index contributed by atoms with van der Waals surface area (Å²) in [4.78, 5) is 25.8. The summed E-state index contributed by atoms with van der Waals surface area (Å²) in [6.07, 6.45) is 1.13. The van der Waals surface area contributed by atoms with Gasteiger partial charge in [-0.25, -0.2) is 18.2 Å². The van der Waals surface area contributed by atoms with E-state index in [2.05, 4.69) is 10.3 Å². The first-order valence-electron chi connectivity index (χ1n) is 5.53. The average molecular weight is 286 g/mol. The van der Waals surface area contributed by atoms with Crippen LogP contribution in [0.1, 0.15) is 27.8 Å². The number of carbonyl (C=O) groups excluding carboxylic acids is 1. The molecule has 1 amide bonds. The topological polar surface area (TPSA) is 113 Å². The van der Waals surface area contributed by atoms with Gasteiger partial charge in [0.15, 0.2) is 9.84 Å². The molecule has 0 radical (unpaired) electrons. The summed E-state index contributed by atoms with van der Waals surface area (Å²) in [5.74, 6) is -1.77.